The molecular weight excluding hydrogens is 274 g/mol. The molecule has 0 radical (unpaired) electrons. The van der Waals surface area contributed by atoms with Gasteiger partial charge in [-0.3, -0.25) is 0 Å². The quantitative estimate of drug-likeness (QED) is 0.638. The molecule has 0 N–H and O–H groups in total. The molecule has 0 aromatic heterocycles. The molecule has 2 aromatic rings. The number of rotatable bonds is 3. The van der Waals surface area contributed by atoms with Crippen LogP contribution < -0.4 is 0 Å². The van der Waals surface area contributed by atoms with Gasteiger partial charge in [-0.2, -0.15) is 0 Å². The van der Waals surface area contributed by atoms with Crippen molar-refractivity contribution in [2.75, 3.05) is 6.61 Å². The molecule has 22 heavy (non-hydrogen) atoms. The fourth-order valence-corrected chi connectivity index (χ4v) is 3.35. The van der Waals surface area contributed by atoms with Gasteiger partial charge in [0.1, 0.15) is 5.70 Å². The Labute approximate surface area is 129 Å². The maximum Gasteiger partial charge on any atom is 0.354 e. The van der Waals surface area contributed by atoms with Gasteiger partial charge in [0, 0.05) is 0 Å². The summed E-state index contributed by atoms with van der Waals surface area (Å²) >= 11 is 0. The average molecular weight is 291 g/mol. The zero-order chi connectivity index (χ0) is 15.1. The van der Waals surface area contributed by atoms with Crippen LogP contribution in [-0.4, -0.2) is 17.5 Å². The van der Waals surface area contributed by atoms with E-state index in [0.717, 1.165) is 5.56 Å². The van der Waals surface area contributed by atoms with Gasteiger partial charge in [0.25, 0.3) is 0 Å². The van der Waals surface area contributed by atoms with Crippen molar-refractivity contribution < 1.29 is 9.53 Å². The number of carbonyl (C=O) groups is 1. The summed E-state index contributed by atoms with van der Waals surface area (Å²) < 4.78 is 5.23. The standard InChI is InChI=1S/C19H17NO2/c1-2-22-19(21)16-12-14-10-6-7-11-15(14)18-17(20(16)18)13-8-4-3-5-9-13/h3-12,17-18H,2H2,1H3/t17-,18-,20?/m0/s1. The summed E-state index contributed by atoms with van der Waals surface area (Å²) in [6, 6.07) is 19.1. The molecule has 0 aliphatic carbocycles. The van der Waals surface area contributed by atoms with Crippen LogP contribution in [0.2, 0.25) is 0 Å². The Morgan fingerprint density at radius 3 is 2.55 bits per heavy atom. The lowest BCUT2D eigenvalue weighted by molar-refractivity contribution is -0.139. The molecule has 0 bridgehead atoms. The molecule has 0 saturated carbocycles. The third-order valence-electron chi connectivity index (χ3n) is 4.32. The van der Waals surface area contributed by atoms with E-state index in [4.69, 9.17) is 4.74 Å². The van der Waals surface area contributed by atoms with E-state index >= 15 is 0 Å². The van der Waals surface area contributed by atoms with Crippen LogP contribution in [0.3, 0.4) is 0 Å². The number of carbonyl (C=O) groups excluding carboxylic acids is 1. The largest absolute Gasteiger partial charge is 0.461 e. The van der Waals surface area contributed by atoms with E-state index in [1.807, 2.05) is 37.3 Å². The molecule has 0 amide bonds. The maximum absolute atomic E-state index is 12.3. The van der Waals surface area contributed by atoms with E-state index < -0.39 is 0 Å². The molecule has 4 rings (SSSR count). The number of esters is 1. The number of fused-ring (bicyclic) bond motifs is 3. The molecule has 2 heterocycles. The molecule has 3 nitrogen and oxygen atoms in total. The first-order valence-electron chi connectivity index (χ1n) is 7.62. The predicted molar refractivity (Wildman–Crippen MR) is 84.8 cm³/mol. The first-order chi connectivity index (χ1) is 10.8. The number of hydrogen-bond acceptors (Lipinski definition) is 3. The molecule has 2 aromatic carbocycles. The normalized spacial score (nSPS) is 21.5. The van der Waals surface area contributed by atoms with Gasteiger partial charge in [-0.1, -0.05) is 54.6 Å². The molecule has 2 atom stereocenters. The fraction of sp³-hybridized carbons (Fsp3) is 0.211. The summed E-state index contributed by atoms with van der Waals surface area (Å²) in [6.45, 7) is 2.23. The van der Waals surface area contributed by atoms with Crippen molar-refractivity contribution in [3.8, 4) is 0 Å². The van der Waals surface area contributed by atoms with Crippen LogP contribution in [0.25, 0.3) is 6.08 Å². The van der Waals surface area contributed by atoms with Gasteiger partial charge in [-0.05, 0) is 29.7 Å². The van der Waals surface area contributed by atoms with Crippen molar-refractivity contribution in [2.45, 2.75) is 19.0 Å². The molecular formula is C19H17NO2. The predicted octanol–water partition coefficient (Wildman–Crippen LogP) is 3.70. The van der Waals surface area contributed by atoms with Crippen molar-refractivity contribution in [3.05, 3.63) is 77.0 Å². The first kappa shape index (κ1) is 13.1. The summed E-state index contributed by atoms with van der Waals surface area (Å²) in [4.78, 5) is 14.5. The number of ether oxygens (including phenoxy) is 1. The van der Waals surface area contributed by atoms with Crippen LogP contribution >= 0.6 is 0 Å². The maximum atomic E-state index is 12.3. The molecule has 2 aliphatic rings. The minimum Gasteiger partial charge on any atom is -0.461 e. The van der Waals surface area contributed by atoms with Crippen molar-refractivity contribution in [1.82, 2.24) is 4.90 Å². The molecule has 1 fully saturated rings. The van der Waals surface area contributed by atoms with E-state index in [9.17, 15) is 4.79 Å². The topological polar surface area (TPSA) is 29.3 Å². The summed E-state index contributed by atoms with van der Waals surface area (Å²) in [5.74, 6) is -0.236. The second kappa shape index (κ2) is 5.02. The van der Waals surface area contributed by atoms with Crippen LogP contribution in [0.15, 0.2) is 60.3 Å². The zero-order valence-corrected chi connectivity index (χ0v) is 12.4. The lowest BCUT2D eigenvalue weighted by atomic mass is 9.98. The Kier molecular flexibility index (Phi) is 3.00. The van der Waals surface area contributed by atoms with Crippen molar-refractivity contribution in [1.29, 1.82) is 0 Å². The van der Waals surface area contributed by atoms with Crippen LogP contribution in [0, 0.1) is 0 Å². The van der Waals surface area contributed by atoms with E-state index in [1.165, 1.54) is 11.1 Å². The van der Waals surface area contributed by atoms with Gasteiger partial charge in [0.2, 0.25) is 0 Å². The van der Waals surface area contributed by atoms with Gasteiger partial charge >= 0.3 is 5.97 Å². The third-order valence-corrected chi connectivity index (χ3v) is 4.32. The second-order valence-electron chi connectivity index (χ2n) is 5.59. The smallest absolute Gasteiger partial charge is 0.354 e. The molecule has 0 spiro atoms. The number of benzene rings is 2. The monoisotopic (exact) mass is 291 g/mol. The van der Waals surface area contributed by atoms with Crippen molar-refractivity contribution in [2.24, 2.45) is 0 Å². The summed E-state index contributed by atoms with van der Waals surface area (Å²) in [6.07, 6.45) is 1.95. The van der Waals surface area contributed by atoms with Crippen LogP contribution in [0.5, 0.6) is 0 Å². The highest BCUT2D eigenvalue weighted by molar-refractivity contribution is 5.95. The van der Waals surface area contributed by atoms with Crippen LogP contribution in [-0.2, 0) is 9.53 Å². The van der Waals surface area contributed by atoms with E-state index in [0.29, 0.717) is 12.3 Å². The Morgan fingerprint density at radius 1 is 1.05 bits per heavy atom. The van der Waals surface area contributed by atoms with E-state index in [2.05, 4.69) is 35.2 Å². The Bertz CT molecular complexity index is 747. The molecule has 2 aliphatic heterocycles. The van der Waals surface area contributed by atoms with Gasteiger partial charge in [0.05, 0.1) is 18.7 Å². The summed E-state index contributed by atoms with van der Waals surface area (Å²) in [5.41, 5.74) is 4.30. The van der Waals surface area contributed by atoms with Crippen molar-refractivity contribution in [3.63, 3.8) is 0 Å². The van der Waals surface area contributed by atoms with Gasteiger partial charge in [-0.25, -0.2) is 4.79 Å². The van der Waals surface area contributed by atoms with E-state index in [-0.39, 0.29) is 18.1 Å². The molecule has 1 saturated heterocycles. The molecule has 110 valence electrons. The highest BCUT2D eigenvalue weighted by Gasteiger charge is 2.54. The van der Waals surface area contributed by atoms with Gasteiger partial charge < -0.3 is 9.64 Å². The molecule has 3 heteroatoms. The number of hydrogen-bond donors (Lipinski definition) is 0. The SMILES string of the molecule is CCOC(=O)C1=Cc2ccccc2[C@H]2[C@H](c3ccccc3)N12. The minimum absolute atomic E-state index is 0.223. The molecule has 0 unspecified atom stereocenters. The Hall–Kier alpha value is -2.55. The lowest BCUT2D eigenvalue weighted by Gasteiger charge is -2.16. The summed E-state index contributed by atoms with van der Waals surface area (Å²) in [5, 5.41) is 0. The minimum atomic E-state index is -0.236. The first-order valence-corrected chi connectivity index (χ1v) is 7.62. The Balaban J connectivity index is 1.78. The van der Waals surface area contributed by atoms with E-state index in [1.54, 1.807) is 0 Å². The average Bonchev–Trinajstić information content (AvgIpc) is 3.31. The van der Waals surface area contributed by atoms with Gasteiger partial charge in [-0.15, -0.1) is 0 Å². The number of nitrogens with zero attached hydrogens (tertiary/aromatic N) is 1. The lowest BCUT2D eigenvalue weighted by Crippen LogP contribution is -2.17. The highest BCUT2D eigenvalue weighted by Crippen LogP contribution is 2.60. The van der Waals surface area contributed by atoms with Crippen LogP contribution in [0.1, 0.15) is 35.7 Å². The third kappa shape index (κ3) is 1.93. The van der Waals surface area contributed by atoms with Crippen LogP contribution in [0.4, 0.5) is 0 Å². The fourth-order valence-electron chi connectivity index (χ4n) is 3.35. The highest BCUT2D eigenvalue weighted by atomic mass is 16.5. The zero-order valence-electron chi connectivity index (χ0n) is 12.4. The van der Waals surface area contributed by atoms with Crippen molar-refractivity contribution >= 4 is 12.0 Å². The second-order valence-corrected chi connectivity index (χ2v) is 5.59. The Morgan fingerprint density at radius 2 is 1.77 bits per heavy atom. The summed E-state index contributed by atoms with van der Waals surface area (Å²) in [7, 11) is 0. The van der Waals surface area contributed by atoms with Gasteiger partial charge in [0.15, 0.2) is 0 Å².